The lowest BCUT2D eigenvalue weighted by molar-refractivity contribution is 0.295. The highest BCUT2D eigenvalue weighted by Crippen LogP contribution is 2.14. The van der Waals surface area contributed by atoms with Crippen molar-refractivity contribution in [1.82, 2.24) is 9.78 Å². The van der Waals surface area contributed by atoms with Crippen molar-refractivity contribution >= 4 is 11.6 Å². The fourth-order valence-corrected chi connectivity index (χ4v) is 1.87. The number of nitrogens with zero attached hydrogens (tertiary/aromatic N) is 2. The SMILES string of the molecule is CCc1cc(COc2ccc(C#CCCl)cc2)n(C)n1. The second-order valence-corrected chi connectivity index (χ2v) is 4.62. The summed E-state index contributed by atoms with van der Waals surface area (Å²) in [4.78, 5) is 0. The van der Waals surface area contributed by atoms with Crippen LogP contribution in [0.2, 0.25) is 0 Å². The zero-order valence-corrected chi connectivity index (χ0v) is 12.4. The molecule has 2 aromatic rings. The molecule has 0 saturated carbocycles. The van der Waals surface area contributed by atoms with E-state index in [0.717, 1.165) is 29.1 Å². The highest BCUT2D eigenvalue weighted by Gasteiger charge is 2.04. The summed E-state index contributed by atoms with van der Waals surface area (Å²) in [5.74, 6) is 6.95. The molecule has 0 amide bonds. The standard InChI is InChI=1S/C16H17ClN2O/c1-3-14-11-15(19(2)18-14)12-20-16-8-6-13(7-9-16)5-4-10-17/h6-9,11H,3,10,12H2,1-2H3. The smallest absolute Gasteiger partial charge is 0.130 e. The van der Waals surface area contributed by atoms with E-state index in [1.54, 1.807) is 0 Å². The van der Waals surface area contributed by atoms with Crippen LogP contribution in [0.5, 0.6) is 5.75 Å². The molecule has 1 aromatic carbocycles. The van der Waals surface area contributed by atoms with Crippen LogP contribution >= 0.6 is 11.6 Å². The molecule has 3 nitrogen and oxygen atoms in total. The Labute approximate surface area is 124 Å². The van der Waals surface area contributed by atoms with Gasteiger partial charge in [0.1, 0.15) is 12.4 Å². The molecule has 0 saturated heterocycles. The largest absolute Gasteiger partial charge is 0.487 e. The summed E-state index contributed by atoms with van der Waals surface area (Å²) in [6.45, 7) is 2.60. The molecule has 104 valence electrons. The Kier molecular flexibility index (Phi) is 5.09. The third kappa shape index (κ3) is 3.79. The van der Waals surface area contributed by atoms with Crippen LogP contribution in [0.25, 0.3) is 0 Å². The van der Waals surface area contributed by atoms with E-state index in [4.69, 9.17) is 16.3 Å². The van der Waals surface area contributed by atoms with Gasteiger partial charge in [-0.15, -0.1) is 11.6 Å². The van der Waals surface area contributed by atoms with Gasteiger partial charge in [-0.2, -0.15) is 5.10 Å². The molecule has 0 spiro atoms. The van der Waals surface area contributed by atoms with Crippen LogP contribution in [0.1, 0.15) is 23.9 Å². The van der Waals surface area contributed by atoms with Gasteiger partial charge in [-0.3, -0.25) is 4.68 Å². The number of aryl methyl sites for hydroxylation is 2. The Morgan fingerprint density at radius 1 is 1.30 bits per heavy atom. The number of halogens is 1. The minimum Gasteiger partial charge on any atom is -0.487 e. The first-order valence-corrected chi connectivity index (χ1v) is 7.06. The van der Waals surface area contributed by atoms with Gasteiger partial charge in [-0.25, -0.2) is 0 Å². The summed E-state index contributed by atoms with van der Waals surface area (Å²) in [6, 6.07) is 9.75. The van der Waals surface area contributed by atoms with Crippen molar-refractivity contribution in [2.45, 2.75) is 20.0 Å². The second kappa shape index (κ2) is 7.02. The van der Waals surface area contributed by atoms with E-state index in [1.807, 2.05) is 36.0 Å². The van der Waals surface area contributed by atoms with Crippen molar-refractivity contribution in [2.75, 3.05) is 5.88 Å². The Morgan fingerprint density at radius 2 is 2.05 bits per heavy atom. The third-order valence-corrected chi connectivity index (χ3v) is 3.06. The molecular formula is C16H17ClN2O. The van der Waals surface area contributed by atoms with Crippen molar-refractivity contribution < 1.29 is 4.74 Å². The predicted octanol–water partition coefficient (Wildman–Crippen LogP) is 3.15. The lowest BCUT2D eigenvalue weighted by atomic mass is 10.2. The quantitative estimate of drug-likeness (QED) is 0.638. The van der Waals surface area contributed by atoms with Gasteiger partial charge in [0, 0.05) is 12.6 Å². The van der Waals surface area contributed by atoms with Crippen LogP contribution in [-0.2, 0) is 20.1 Å². The van der Waals surface area contributed by atoms with Crippen LogP contribution in [0.3, 0.4) is 0 Å². The highest BCUT2D eigenvalue weighted by molar-refractivity contribution is 6.19. The second-order valence-electron chi connectivity index (χ2n) is 4.35. The molecule has 0 aliphatic carbocycles. The van der Waals surface area contributed by atoms with Gasteiger partial charge in [-0.1, -0.05) is 18.8 Å². The monoisotopic (exact) mass is 288 g/mol. The van der Waals surface area contributed by atoms with E-state index < -0.39 is 0 Å². The first-order chi connectivity index (χ1) is 9.72. The first-order valence-electron chi connectivity index (χ1n) is 6.52. The van der Waals surface area contributed by atoms with Crippen molar-refractivity contribution in [1.29, 1.82) is 0 Å². The summed E-state index contributed by atoms with van der Waals surface area (Å²) >= 11 is 5.52. The number of hydrogen-bond donors (Lipinski definition) is 0. The number of rotatable bonds is 4. The molecule has 1 aromatic heterocycles. The third-order valence-electron chi connectivity index (χ3n) is 2.93. The molecule has 0 bridgehead atoms. The Bertz CT molecular complexity index is 620. The molecule has 0 fully saturated rings. The molecular weight excluding hydrogens is 272 g/mol. The molecule has 0 unspecified atom stereocenters. The van der Waals surface area contributed by atoms with Gasteiger partial charge in [0.2, 0.25) is 0 Å². The summed E-state index contributed by atoms with van der Waals surface area (Å²) in [5, 5.41) is 4.40. The van der Waals surface area contributed by atoms with E-state index in [1.165, 1.54) is 0 Å². The predicted molar refractivity (Wildman–Crippen MR) is 81.0 cm³/mol. The molecule has 0 aliphatic rings. The molecule has 0 atom stereocenters. The zero-order chi connectivity index (χ0) is 14.4. The van der Waals surface area contributed by atoms with E-state index in [-0.39, 0.29) is 0 Å². The van der Waals surface area contributed by atoms with E-state index in [2.05, 4.69) is 29.9 Å². The maximum atomic E-state index is 5.76. The van der Waals surface area contributed by atoms with E-state index in [9.17, 15) is 0 Å². The van der Waals surface area contributed by atoms with Gasteiger partial charge in [0.25, 0.3) is 0 Å². The first kappa shape index (κ1) is 14.5. The Morgan fingerprint density at radius 3 is 2.65 bits per heavy atom. The number of aromatic nitrogens is 2. The van der Waals surface area contributed by atoms with Gasteiger partial charge in [-0.05, 0) is 36.8 Å². The van der Waals surface area contributed by atoms with Crippen LogP contribution in [0.15, 0.2) is 30.3 Å². The van der Waals surface area contributed by atoms with Gasteiger partial charge in [0.05, 0.1) is 17.3 Å². The zero-order valence-electron chi connectivity index (χ0n) is 11.7. The molecule has 0 aliphatic heterocycles. The van der Waals surface area contributed by atoms with Crippen LogP contribution in [-0.4, -0.2) is 15.7 Å². The Hall–Kier alpha value is -1.92. The van der Waals surface area contributed by atoms with Crippen LogP contribution in [0, 0.1) is 11.8 Å². The maximum Gasteiger partial charge on any atom is 0.130 e. The number of ether oxygens (including phenoxy) is 1. The normalized spacial score (nSPS) is 9.95. The lowest BCUT2D eigenvalue weighted by Crippen LogP contribution is -2.02. The number of hydrogen-bond acceptors (Lipinski definition) is 2. The molecule has 20 heavy (non-hydrogen) atoms. The van der Waals surface area contributed by atoms with Gasteiger partial charge >= 0.3 is 0 Å². The Balaban J connectivity index is 1.98. The minimum atomic E-state index is 0.346. The van der Waals surface area contributed by atoms with Crippen molar-refractivity contribution in [2.24, 2.45) is 7.05 Å². The average Bonchev–Trinajstić information content (AvgIpc) is 2.84. The van der Waals surface area contributed by atoms with Crippen molar-refractivity contribution in [3.63, 3.8) is 0 Å². The number of benzene rings is 1. The summed E-state index contributed by atoms with van der Waals surface area (Å²) < 4.78 is 7.62. The molecule has 0 radical (unpaired) electrons. The number of alkyl halides is 1. The van der Waals surface area contributed by atoms with Crippen LogP contribution < -0.4 is 4.74 Å². The molecule has 0 N–H and O–H groups in total. The van der Waals surface area contributed by atoms with Crippen LogP contribution in [0.4, 0.5) is 0 Å². The lowest BCUT2D eigenvalue weighted by Gasteiger charge is -2.06. The summed E-state index contributed by atoms with van der Waals surface area (Å²) in [5.41, 5.74) is 3.08. The van der Waals surface area contributed by atoms with Crippen molar-refractivity contribution in [3.05, 3.63) is 47.3 Å². The van der Waals surface area contributed by atoms with E-state index in [0.29, 0.717) is 12.5 Å². The minimum absolute atomic E-state index is 0.346. The highest BCUT2D eigenvalue weighted by atomic mass is 35.5. The maximum absolute atomic E-state index is 5.76. The van der Waals surface area contributed by atoms with Gasteiger partial charge in [0.15, 0.2) is 0 Å². The fourth-order valence-electron chi connectivity index (χ4n) is 1.81. The molecule has 4 heteroatoms. The molecule has 2 rings (SSSR count). The summed E-state index contributed by atoms with van der Waals surface area (Å²) in [7, 11) is 1.93. The van der Waals surface area contributed by atoms with Gasteiger partial charge < -0.3 is 4.74 Å². The molecule has 1 heterocycles. The van der Waals surface area contributed by atoms with Crippen molar-refractivity contribution in [3.8, 4) is 17.6 Å². The topological polar surface area (TPSA) is 27.1 Å². The fraction of sp³-hybridized carbons (Fsp3) is 0.312. The summed E-state index contributed by atoms with van der Waals surface area (Å²) in [6.07, 6.45) is 0.932. The van der Waals surface area contributed by atoms with E-state index >= 15 is 0 Å². The average molecular weight is 289 g/mol.